The van der Waals surface area contributed by atoms with Crippen LogP contribution in [0.4, 0.5) is 11.4 Å². The first-order chi connectivity index (χ1) is 17.1. The molecule has 10 heteroatoms. The Morgan fingerprint density at radius 1 is 1.00 bits per heavy atom. The van der Waals surface area contributed by atoms with Crippen LogP contribution in [0.1, 0.15) is 20.7 Å². The van der Waals surface area contributed by atoms with Crippen LogP contribution in [-0.4, -0.2) is 51.3 Å². The number of primary amides is 1. The molecule has 184 valence electrons. The number of fused-ring (bicyclic) bond motifs is 1. The van der Waals surface area contributed by atoms with Gasteiger partial charge in [0.15, 0.2) is 0 Å². The van der Waals surface area contributed by atoms with Gasteiger partial charge in [0.05, 0.1) is 33.7 Å². The largest absolute Gasteiger partial charge is 0.497 e. The first-order valence-electron chi connectivity index (χ1n) is 10.8. The van der Waals surface area contributed by atoms with Crippen molar-refractivity contribution in [3.63, 3.8) is 0 Å². The second-order valence-corrected chi connectivity index (χ2v) is 10.1. The van der Waals surface area contributed by atoms with Gasteiger partial charge >= 0.3 is 0 Å². The molecule has 0 atom stereocenters. The van der Waals surface area contributed by atoms with Gasteiger partial charge in [0.2, 0.25) is 9.84 Å². The third-order valence-corrected chi connectivity index (χ3v) is 7.33. The fraction of sp³-hybridized carbons (Fsp3) is 0.115. The van der Waals surface area contributed by atoms with Crippen molar-refractivity contribution < 1.29 is 22.7 Å². The molecule has 0 radical (unpaired) electrons. The van der Waals surface area contributed by atoms with Crippen molar-refractivity contribution in [2.45, 2.75) is 9.79 Å². The average molecular weight is 505 g/mol. The standard InChI is InChI=1S/C26H24N4O5S/c1-30(2)26(32)16-7-4-10-19(13-16)36(33,34)22-12-6-11-20-23(21(25(27)31)15-28-24(20)22)29-17-8-5-9-18(14-17)35-3/h4-15H,1-3H3,(H2,27,31)(H,28,29). The predicted molar refractivity (Wildman–Crippen MR) is 136 cm³/mol. The first-order valence-corrected chi connectivity index (χ1v) is 12.3. The normalized spacial score (nSPS) is 11.2. The highest BCUT2D eigenvalue weighted by Crippen LogP contribution is 2.35. The maximum Gasteiger partial charge on any atom is 0.253 e. The quantitative estimate of drug-likeness (QED) is 0.393. The number of rotatable bonds is 7. The lowest BCUT2D eigenvalue weighted by molar-refractivity contribution is 0.0827. The zero-order chi connectivity index (χ0) is 26.0. The van der Waals surface area contributed by atoms with E-state index in [0.29, 0.717) is 22.5 Å². The van der Waals surface area contributed by atoms with Crippen LogP contribution < -0.4 is 15.8 Å². The number of anilines is 2. The molecule has 4 aromatic rings. The number of nitrogens with one attached hydrogen (secondary N) is 1. The minimum absolute atomic E-state index is 0.0502. The lowest BCUT2D eigenvalue weighted by Gasteiger charge is -2.16. The van der Waals surface area contributed by atoms with Gasteiger partial charge in [-0.15, -0.1) is 0 Å². The van der Waals surface area contributed by atoms with Crippen molar-refractivity contribution in [2.24, 2.45) is 5.73 Å². The second-order valence-electron chi connectivity index (χ2n) is 8.15. The van der Waals surface area contributed by atoms with Crippen molar-refractivity contribution in [3.05, 3.63) is 84.1 Å². The van der Waals surface area contributed by atoms with Crippen molar-refractivity contribution in [2.75, 3.05) is 26.5 Å². The van der Waals surface area contributed by atoms with Crippen molar-refractivity contribution >= 4 is 43.9 Å². The minimum atomic E-state index is -4.08. The predicted octanol–water partition coefficient (Wildman–Crippen LogP) is 3.62. The number of hydrogen-bond acceptors (Lipinski definition) is 7. The van der Waals surface area contributed by atoms with Crippen LogP contribution in [0.5, 0.6) is 5.75 Å². The summed E-state index contributed by atoms with van der Waals surface area (Å²) in [6, 6.07) is 17.5. The third-order valence-electron chi connectivity index (χ3n) is 5.55. The van der Waals surface area contributed by atoms with E-state index in [4.69, 9.17) is 10.5 Å². The van der Waals surface area contributed by atoms with Gasteiger partial charge in [-0.25, -0.2) is 8.42 Å². The molecule has 1 heterocycles. The SMILES string of the molecule is COc1cccc(Nc2c(C(N)=O)cnc3c(S(=O)(=O)c4cccc(C(=O)N(C)C)c4)cccc23)c1. The Morgan fingerprint density at radius 3 is 2.42 bits per heavy atom. The highest BCUT2D eigenvalue weighted by atomic mass is 32.2. The second kappa shape index (κ2) is 9.67. The molecule has 0 fully saturated rings. The van der Waals surface area contributed by atoms with Crippen LogP contribution in [0, 0.1) is 0 Å². The van der Waals surface area contributed by atoms with E-state index in [0.717, 1.165) is 0 Å². The van der Waals surface area contributed by atoms with Crippen LogP contribution in [-0.2, 0) is 9.84 Å². The summed E-state index contributed by atoms with van der Waals surface area (Å²) >= 11 is 0. The van der Waals surface area contributed by atoms with E-state index in [1.807, 2.05) is 0 Å². The molecule has 4 rings (SSSR count). The summed E-state index contributed by atoms with van der Waals surface area (Å²) in [5, 5.41) is 3.55. The van der Waals surface area contributed by atoms with E-state index >= 15 is 0 Å². The van der Waals surface area contributed by atoms with Crippen LogP contribution in [0.2, 0.25) is 0 Å². The number of ether oxygens (including phenoxy) is 1. The fourth-order valence-corrected chi connectivity index (χ4v) is 5.23. The van der Waals surface area contributed by atoms with E-state index in [1.54, 1.807) is 56.6 Å². The molecule has 0 saturated heterocycles. The van der Waals surface area contributed by atoms with Gasteiger partial charge in [-0.2, -0.15) is 0 Å². The van der Waals surface area contributed by atoms with Gasteiger partial charge in [0, 0.05) is 43.0 Å². The first kappa shape index (κ1) is 24.7. The van der Waals surface area contributed by atoms with E-state index in [1.165, 1.54) is 42.5 Å². The smallest absolute Gasteiger partial charge is 0.253 e. The summed E-state index contributed by atoms with van der Waals surface area (Å²) in [4.78, 5) is 30.1. The number of carbonyl (C=O) groups excluding carboxylic acids is 2. The average Bonchev–Trinajstić information content (AvgIpc) is 2.88. The summed E-state index contributed by atoms with van der Waals surface area (Å²) < 4.78 is 32.6. The Kier molecular flexibility index (Phi) is 6.63. The maximum atomic E-state index is 13.7. The topological polar surface area (TPSA) is 132 Å². The molecular weight excluding hydrogens is 480 g/mol. The number of carbonyl (C=O) groups is 2. The van der Waals surface area contributed by atoms with Gasteiger partial charge in [-0.1, -0.05) is 24.3 Å². The van der Waals surface area contributed by atoms with Crippen LogP contribution in [0.3, 0.4) is 0 Å². The number of methoxy groups -OCH3 is 1. The molecule has 1 aromatic heterocycles. The maximum absolute atomic E-state index is 13.7. The summed E-state index contributed by atoms with van der Waals surface area (Å²) in [5.41, 5.74) is 7.01. The van der Waals surface area contributed by atoms with Gasteiger partial charge in [-0.3, -0.25) is 14.6 Å². The molecule has 3 aromatic carbocycles. The number of hydrogen-bond donors (Lipinski definition) is 2. The molecule has 0 bridgehead atoms. The molecule has 0 aliphatic carbocycles. The number of nitrogens with two attached hydrogens (primary N) is 1. The zero-order valence-corrected chi connectivity index (χ0v) is 20.7. The van der Waals surface area contributed by atoms with E-state index in [9.17, 15) is 18.0 Å². The molecule has 0 aliphatic rings. The number of benzene rings is 3. The Balaban J connectivity index is 1.90. The molecule has 0 saturated carbocycles. The number of para-hydroxylation sites is 1. The lowest BCUT2D eigenvalue weighted by Crippen LogP contribution is -2.21. The molecule has 2 amide bonds. The van der Waals surface area contributed by atoms with Gasteiger partial charge in [0.25, 0.3) is 11.8 Å². The van der Waals surface area contributed by atoms with E-state index in [2.05, 4.69) is 10.3 Å². The molecule has 3 N–H and O–H groups in total. The number of sulfone groups is 1. The Labute approximate surface area is 208 Å². The fourth-order valence-electron chi connectivity index (χ4n) is 3.76. The Hall–Kier alpha value is -4.44. The van der Waals surface area contributed by atoms with Crippen LogP contribution in [0.15, 0.2) is 82.7 Å². The zero-order valence-electron chi connectivity index (χ0n) is 19.8. The van der Waals surface area contributed by atoms with Gasteiger partial charge in [-0.05, 0) is 36.4 Å². The minimum Gasteiger partial charge on any atom is -0.497 e. The summed E-state index contributed by atoms with van der Waals surface area (Å²) in [6.45, 7) is 0. The van der Waals surface area contributed by atoms with E-state index in [-0.39, 0.29) is 32.3 Å². The Morgan fingerprint density at radius 2 is 1.72 bits per heavy atom. The third kappa shape index (κ3) is 4.58. The molecule has 9 nitrogen and oxygen atoms in total. The molecule has 0 spiro atoms. The van der Waals surface area contributed by atoms with Crippen LogP contribution >= 0.6 is 0 Å². The highest BCUT2D eigenvalue weighted by Gasteiger charge is 2.25. The van der Waals surface area contributed by atoms with Crippen LogP contribution in [0.25, 0.3) is 10.9 Å². The number of pyridine rings is 1. The lowest BCUT2D eigenvalue weighted by atomic mass is 10.1. The summed E-state index contributed by atoms with van der Waals surface area (Å²) in [6.07, 6.45) is 1.25. The van der Waals surface area contributed by atoms with Gasteiger partial charge in [0.1, 0.15) is 5.75 Å². The molecule has 36 heavy (non-hydrogen) atoms. The number of amides is 2. The van der Waals surface area contributed by atoms with Crippen molar-refractivity contribution in [1.82, 2.24) is 9.88 Å². The number of nitrogens with zero attached hydrogens (tertiary/aromatic N) is 2. The highest BCUT2D eigenvalue weighted by molar-refractivity contribution is 7.91. The molecule has 0 aliphatic heterocycles. The summed E-state index contributed by atoms with van der Waals surface area (Å²) in [7, 11) is 0.635. The van der Waals surface area contributed by atoms with Crippen molar-refractivity contribution in [3.8, 4) is 5.75 Å². The van der Waals surface area contributed by atoms with E-state index < -0.39 is 15.7 Å². The molecule has 0 unspecified atom stereocenters. The Bertz CT molecular complexity index is 1600. The molecular formula is C26H24N4O5S. The van der Waals surface area contributed by atoms with Gasteiger partial charge < -0.3 is 20.7 Å². The van der Waals surface area contributed by atoms with Crippen molar-refractivity contribution in [1.29, 1.82) is 0 Å². The monoisotopic (exact) mass is 504 g/mol. The number of aromatic nitrogens is 1. The summed E-state index contributed by atoms with van der Waals surface area (Å²) in [5.74, 6) is -0.452.